The van der Waals surface area contributed by atoms with E-state index in [4.69, 9.17) is 0 Å². The van der Waals surface area contributed by atoms with Crippen LogP contribution in [0.4, 0.5) is 0 Å². The zero-order chi connectivity index (χ0) is 9.14. The number of rotatable bonds is 3. The Bertz CT molecular complexity index is 134. The molecule has 0 radical (unpaired) electrons. The predicted molar refractivity (Wildman–Crippen MR) is 53.3 cm³/mol. The Kier molecular flexibility index (Phi) is 3.53. The molecule has 1 aliphatic rings. The molecule has 0 saturated carbocycles. The van der Waals surface area contributed by atoms with Gasteiger partial charge in [0.2, 0.25) is 0 Å². The topological polar surface area (TPSA) is 15.3 Å². The molecule has 1 heterocycles. The Hall–Kier alpha value is -0.0800. The number of hydrogen-bond acceptors (Lipinski definition) is 2. The van der Waals surface area contributed by atoms with Gasteiger partial charge in [-0.1, -0.05) is 0 Å². The van der Waals surface area contributed by atoms with Gasteiger partial charge in [0.15, 0.2) is 0 Å². The minimum Gasteiger partial charge on any atom is -0.314 e. The van der Waals surface area contributed by atoms with Crippen LogP contribution < -0.4 is 5.32 Å². The van der Waals surface area contributed by atoms with Crippen molar-refractivity contribution >= 4 is 0 Å². The first kappa shape index (κ1) is 10.0. The van der Waals surface area contributed by atoms with Crippen LogP contribution in [0.25, 0.3) is 0 Å². The average molecular weight is 170 g/mol. The minimum atomic E-state index is 0.679. The van der Waals surface area contributed by atoms with Gasteiger partial charge in [-0.25, -0.2) is 0 Å². The molecule has 12 heavy (non-hydrogen) atoms. The van der Waals surface area contributed by atoms with E-state index < -0.39 is 0 Å². The quantitative estimate of drug-likeness (QED) is 0.687. The maximum absolute atomic E-state index is 3.49. The Balaban J connectivity index is 2.30. The van der Waals surface area contributed by atoms with Crippen molar-refractivity contribution in [2.45, 2.75) is 39.3 Å². The van der Waals surface area contributed by atoms with E-state index in [0.29, 0.717) is 12.1 Å². The zero-order valence-electron chi connectivity index (χ0n) is 8.80. The summed E-state index contributed by atoms with van der Waals surface area (Å²) in [7, 11) is 2.22. The molecule has 1 rings (SSSR count). The van der Waals surface area contributed by atoms with Crippen LogP contribution in [0.2, 0.25) is 0 Å². The first-order valence-corrected chi connectivity index (χ1v) is 5.05. The fourth-order valence-electron chi connectivity index (χ4n) is 1.74. The third kappa shape index (κ3) is 2.46. The zero-order valence-corrected chi connectivity index (χ0v) is 8.80. The Morgan fingerprint density at radius 1 is 1.50 bits per heavy atom. The summed E-state index contributed by atoms with van der Waals surface area (Å²) in [5.74, 6) is 0.859. The van der Waals surface area contributed by atoms with Gasteiger partial charge < -0.3 is 10.2 Å². The van der Waals surface area contributed by atoms with Crippen molar-refractivity contribution in [3.05, 3.63) is 0 Å². The van der Waals surface area contributed by atoms with Crippen LogP contribution in [-0.4, -0.2) is 37.1 Å². The Morgan fingerprint density at radius 3 is 2.58 bits per heavy atom. The lowest BCUT2D eigenvalue weighted by Gasteiger charge is -2.26. The number of nitrogens with zero attached hydrogens (tertiary/aromatic N) is 1. The van der Waals surface area contributed by atoms with Gasteiger partial charge in [-0.2, -0.15) is 0 Å². The van der Waals surface area contributed by atoms with Crippen LogP contribution in [0.3, 0.4) is 0 Å². The van der Waals surface area contributed by atoms with E-state index in [0.717, 1.165) is 5.92 Å². The third-order valence-corrected chi connectivity index (χ3v) is 3.09. The average Bonchev–Trinajstić information content (AvgIpc) is 2.36. The minimum absolute atomic E-state index is 0.679. The normalized spacial score (nSPS) is 30.5. The highest BCUT2D eigenvalue weighted by molar-refractivity contribution is 4.82. The molecule has 1 fully saturated rings. The molecule has 1 N–H and O–H groups in total. The molecule has 0 amide bonds. The fraction of sp³-hybridized carbons (Fsp3) is 1.00. The van der Waals surface area contributed by atoms with E-state index in [2.05, 4.69) is 38.0 Å². The van der Waals surface area contributed by atoms with Gasteiger partial charge in [-0.15, -0.1) is 0 Å². The van der Waals surface area contributed by atoms with Gasteiger partial charge in [0.05, 0.1) is 0 Å². The van der Waals surface area contributed by atoms with E-state index >= 15 is 0 Å². The molecule has 0 aromatic heterocycles. The largest absolute Gasteiger partial charge is 0.314 e. The van der Waals surface area contributed by atoms with Gasteiger partial charge >= 0.3 is 0 Å². The molecule has 0 aromatic rings. The molecule has 1 aliphatic heterocycles. The predicted octanol–water partition coefficient (Wildman–Crippen LogP) is 1.32. The number of nitrogens with one attached hydrogen (secondary N) is 1. The highest BCUT2D eigenvalue weighted by Gasteiger charge is 2.24. The van der Waals surface area contributed by atoms with Crippen molar-refractivity contribution in [3.63, 3.8) is 0 Å². The molecule has 2 unspecified atom stereocenters. The van der Waals surface area contributed by atoms with Crippen LogP contribution in [0.1, 0.15) is 27.2 Å². The van der Waals surface area contributed by atoms with Crippen LogP contribution in [0.5, 0.6) is 0 Å². The van der Waals surface area contributed by atoms with Gasteiger partial charge in [0.1, 0.15) is 0 Å². The van der Waals surface area contributed by atoms with Crippen LogP contribution in [0, 0.1) is 5.92 Å². The maximum Gasteiger partial charge on any atom is 0.00796 e. The van der Waals surface area contributed by atoms with E-state index in [9.17, 15) is 0 Å². The molecule has 1 saturated heterocycles. The van der Waals surface area contributed by atoms with E-state index in [-0.39, 0.29) is 0 Å². The van der Waals surface area contributed by atoms with Crippen molar-refractivity contribution in [2.24, 2.45) is 5.92 Å². The molecule has 72 valence electrons. The number of hydrogen-bond donors (Lipinski definition) is 1. The summed E-state index contributed by atoms with van der Waals surface area (Å²) < 4.78 is 0. The lowest BCUT2D eigenvalue weighted by molar-refractivity contribution is 0.223. The first-order chi connectivity index (χ1) is 5.61. The Morgan fingerprint density at radius 2 is 2.17 bits per heavy atom. The standard InChI is InChI=1S/C10H22N2/c1-8(2)12(4)7-10-5-6-11-9(10)3/h8-11H,5-7H2,1-4H3. The molecule has 0 bridgehead atoms. The van der Waals surface area contributed by atoms with Gasteiger partial charge in [0, 0.05) is 18.6 Å². The SMILES string of the molecule is CC1NCCC1CN(C)C(C)C. The highest BCUT2D eigenvalue weighted by atomic mass is 15.1. The van der Waals surface area contributed by atoms with Crippen molar-refractivity contribution in [1.82, 2.24) is 10.2 Å². The van der Waals surface area contributed by atoms with E-state index in [1.807, 2.05) is 0 Å². The summed E-state index contributed by atoms with van der Waals surface area (Å²) in [6.07, 6.45) is 1.35. The fourth-order valence-corrected chi connectivity index (χ4v) is 1.74. The van der Waals surface area contributed by atoms with Crippen LogP contribution in [0.15, 0.2) is 0 Å². The first-order valence-electron chi connectivity index (χ1n) is 5.05. The second-order valence-electron chi connectivity index (χ2n) is 4.32. The summed E-state index contributed by atoms with van der Waals surface area (Å²) in [5, 5.41) is 3.49. The van der Waals surface area contributed by atoms with Crippen molar-refractivity contribution in [3.8, 4) is 0 Å². The summed E-state index contributed by atoms with van der Waals surface area (Å²) in [4.78, 5) is 2.44. The highest BCUT2D eigenvalue weighted by Crippen LogP contribution is 2.16. The van der Waals surface area contributed by atoms with Crippen LogP contribution >= 0.6 is 0 Å². The summed E-state index contributed by atoms with van der Waals surface area (Å²) in [6, 6.07) is 1.39. The summed E-state index contributed by atoms with van der Waals surface area (Å²) in [5.41, 5.74) is 0. The molecule has 0 aromatic carbocycles. The van der Waals surface area contributed by atoms with Crippen molar-refractivity contribution in [1.29, 1.82) is 0 Å². The molecule has 0 spiro atoms. The maximum atomic E-state index is 3.49. The monoisotopic (exact) mass is 170 g/mol. The third-order valence-electron chi connectivity index (χ3n) is 3.09. The molecular weight excluding hydrogens is 148 g/mol. The molecule has 2 heteroatoms. The second kappa shape index (κ2) is 4.24. The molecule has 2 nitrogen and oxygen atoms in total. The van der Waals surface area contributed by atoms with Gasteiger partial charge in [-0.3, -0.25) is 0 Å². The lowest BCUT2D eigenvalue weighted by atomic mass is 10.0. The summed E-state index contributed by atoms with van der Waals surface area (Å²) >= 11 is 0. The smallest absolute Gasteiger partial charge is 0.00796 e. The van der Waals surface area contributed by atoms with Gasteiger partial charge in [0.25, 0.3) is 0 Å². The molecule has 2 atom stereocenters. The second-order valence-corrected chi connectivity index (χ2v) is 4.32. The molecule has 0 aliphatic carbocycles. The van der Waals surface area contributed by atoms with Gasteiger partial charge in [-0.05, 0) is 46.7 Å². The van der Waals surface area contributed by atoms with E-state index in [1.165, 1.54) is 19.5 Å². The van der Waals surface area contributed by atoms with E-state index in [1.54, 1.807) is 0 Å². The molecular formula is C10H22N2. The summed E-state index contributed by atoms with van der Waals surface area (Å²) in [6.45, 7) is 9.26. The van der Waals surface area contributed by atoms with Crippen LogP contribution in [-0.2, 0) is 0 Å². The lowest BCUT2D eigenvalue weighted by Crippen LogP contribution is -2.35. The van der Waals surface area contributed by atoms with Crippen molar-refractivity contribution in [2.75, 3.05) is 20.1 Å². The van der Waals surface area contributed by atoms with Crippen molar-refractivity contribution < 1.29 is 0 Å². The Labute approximate surface area is 76.3 Å².